The van der Waals surface area contributed by atoms with Crippen LogP contribution in [0, 0.1) is 0 Å². The summed E-state index contributed by atoms with van der Waals surface area (Å²) in [5, 5.41) is -0.482. The zero-order valence-corrected chi connectivity index (χ0v) is 11.3. The van der Waals surface area contributed by atoms with Crippen LogP contribution in [0.1, 0.15) is 33.1 Å². The first-order valence-electron chi connectivity index (χ1n) is 6.08. The molecule has 4 heteroatoms. The Kier molecular flexibility index (Phi) is 5.15. The molecule has 2 N–H and O–H groups in total. The molecule has 0 fully saturated rings. The van der Waals surface area contributed by atoms with Gasteiger partial charge in [-0.3, -0.25) is 0 Å². The van der Waals surface area contributed by atoms with Crippen molar-refractivity contribution in [2.24, 2.45) is 5.73 Å². The highest BCUT2D eigenvalue weighted by Gasteiger charge is 2.30. The van der Waals surface area contributed by atoms with Gasteiger partial charge in [-0.25, -0.2) is 8.42 Å². The van der Waals surface area contributed by atoms with Crippen LogP contribution >= 0.6 is 0 Å². The van der Waals surface area contributed by atoms with Crippen molar-refractivity contribution in [2.75, 3.05) is 0 Å². The monoisotopic (exact) mass is 255 g/mol. The highest BCUT2D eigenvalue weighted by Crippen LogP contribution is 2.21. The Morgan fingerprint density at radius 3 is 2.24 bits per heavy atom. The number of hydrogen-bond acceptors (Lipinski definition) is 3. The van der Waals surface area contributed by atoms with Crippen molar-refractivity contribution < 1.29 is 8.42 Å². The second-order valence-electron chi connectivity index (χ2n) is 4.26. The van der Waals surface area contributed by atoms with Gasteiger partial charge in [-0.15, -0.1) is 0 Å². The average molecular weight is 255 g/mol. The molecule has 2 unspecified atom stereocenters. The molecule has 0 saturated carbocycles. The van der Waals surface area contributed by atoms with Gasteiger partial charge in [-0.1, -0.05) is 38.5 Å². The Morgan fingerprint density at radius 2 is 1.76 bits per heavy atom. The molecule has 0 bridgehead atoms. The van der Waals surface area contributed by atoms with Crippen LogP contribution < -0.4 is 5.73 Å². The maximum Gasteiger partial charge on any atom is 0.182 e. The van der Waals surface area contributed by atoms with Gasteiger partial charge in [-0.2, -0.15) is 0 Å². The molecule has 0 aliphatic carbocycles. The second kappa shape index (κ2) is 6.17. The van der Waals surface area contributed by atoms with Gasteiger partial charge in [0.2, 0.25) is 0 Å². The molecule has 2 atom stereocenters. The molecule has 0 saturated heterocycles. The molecular formula is C13H21NO2S. The Labute approximate surface area is 104 Å². The number of benzene rings is 1. The third kappa shape index (κ3) is 3.30. The standard InChI is InChI=1S/C13H21NO2S/c1-3-8-12(14)13(4-2)17(15,16)11-9-6-5-7-10-11/h5-7,9-10,12-13H,3-4,8,14H2,1-2H3. The molecule has 0 aliphatic heterocycles. The Morgan fingerprint density at radius 1 is 1.18 bits per heavy atom. The summed E-state index contributed by atoms with van der Waals surface area (Å²) in [5.41, 5.74) is 5.98. The van der Waals surface area contributed by atoms with Crippen LogP contribution in [-0.2, 0) is 9.84 Å². The highest BCUT2D eigenvalue weighted by molar-refractivity contribution is 7.92. The normalized spacial score (nSPS) is 15.5. The summed E-state index contributed by atoms with van der Waals surface area (Å²) in [7, 11) is -3.30. The van der Waals surface area contributed by atoms with Gasteiger partial charge in [0.1, 0.15) is 0 Å². The largest absolute Gasteiger partial charge is 0.327 e. The summed E-state index contributed by atoms with van der Waals surface area (Å²) in [6, 6.07) is 8.28. The van der Waals surface area contributed by atoms with Gasteiger partial charge in [-0.05, 0) is 25.0 Å². The molecule has 1 aromatic carbocycles. The van der Waals surface area contributed by atoms with Gasteiger partial charge in [0.25, 0.3) is 0 Å². The van der Waals surface area contributed by atoms with Gasteiger partial charge < -0.3 is 5.73 Å². The van der Waals surface area contributed by atoms with E-state index in [0.29, 0.717) is 11.3 Å². The minimum absolute atomic E-state index is 0.282. The van der Waals surface area contributed by atoms with Crippen LogP contribution in [0.25, 0.3) is 0 Å². The molecule has 1 rings (SSSR count). The lowest BCUT2D eigenvalue weighted by Crippen LogP contribution is -2.40. The Bertz CT molecular complexity index is 428. The predicted molar refractivity (Wildman–Crippen MR) is 70.6 cm³/mol. The number of rotatable bonds is 6. The molecule has 0 radical (unpaired) electrons. The fraction of sp³-hybridized carbons (Fsp3) is 0.538. The van der Waals surface area contributed by atoms with Gasteiger partial charge in [0, 0.05) is 6.04 Å². The minimum atomic E-state index is -3.30. The summed E-state index contributed by atoms with van der Waals surface area (Å²) in [5.74, 6) is 0. The lowest BCUT2D eigenvalue weighted by molar-refractivity contribution is 0.516. The first kappa shape index (κ1) is 14.2. The smallest absolute Gasteiger partial charge is 0.182 e. The molecule has 96 valence electrons. The summed E-state index contributed by atoms with van der Waals surface area (Å²) >= 11 is 0. The molecule has 0 amide bonds. The van der Waals surface area contributed by atoms with E-state index in [2.05, 4.69) is 0 Å². The van der Waals surface area contributed by atoms with E-state index in [9.17, 15) is 8.42 Å². The lowest BCUT2D eigenvalue weighted by Gasteiger charge is -2.22. The minimum Gasteiger partial charge on any atom is -0.327 e. The van der Waals surface area contributed by atoms with Crippen molar-refractivity contribution >= 4 is 9.84 Å². The second-order valence-corrected chi connectivity index (χ2v) is 6.42. The molecule has 0 aromatic heterocycles. The topological polar surface area (TPSA) is 60.2 Å². The predicted octanol–water partition coefficient (Wildman–Crippen LogP) is 2.37. The van der Waals surface area contributed by atoms with Crippen LogP contribution in [-0.4, -0.2) is 19.7 Å². The molecule has 17 heavy (non-hydrogen) atoms. The van der Waals surface area contributed by atoms with Crippen LogP contribution in [0.3, 0.4) is 0 Å². The number of sulfone groups is 1. The Hall–Kier alpha value is -0.870. The van der Waals surface area contributed by atoms with E-state index in [4.69, 9.17) is 5.73 Å². The SMILES string of the molecule is CCCC(N)C(CC)S(=O)(=O)c1ccccc1. The van der Waals surface area contributed by atoms with Crippen molar-refractivity contribution in [1.29, 1.82) is 0 Å². The van der Waals surface area contributed by atoms with Crippen LogP contribution in [0.15, 0.2) is 35.2 Å². The van der Waals surface area contributed by atoms with Crippen molar-refractivity contribution in [2.45, 2.75) is 49.3 Å². The van der Waals surface area contributed by atoms with E-state index < -0.39 is 15.1 Å². The molecule has 0 spiro atoms. The third-order valence-corrected chi connectivity index (χ3v) is 5.38. The molecule has 3 nitrogen and oxygen atoms in total. The summed E-state index contributed by atoms with van der Waals surface area (Å²) in [6.45, 7) is 3.89. The van der Waals surface area contributed by atoms with Crippen molar-refractivity contribution in [3.05, 3.63) is 30.3 Å². The zero-order chi connectivity index (χ0) is 12.9. The fourth-order valence-electron chi connectivity index (χ4n) is 2.06. The zero-order valence-electron chi connectivity index (χ0n) is 10.5. The first-order chi connectivity index (χ1) is 8.04. The van der Waals surface area contributed by atoms with E-state index in [1.807, 2.05) is 19.9 Å². The van der Waals surface area contributed by atoms with E-state index in [0.717, 1.165) is 12.8 Å². The average Bonchev–Trinajstić information content (AvgIpc) is 2.31. The fourth-order valence-corrected chi connectivity index (χ4v) is 3.98. The van der Waals surface area contributed by atoms with Crippen LogP contribution in [0.4, 0.5) is 0 Å². The third-order valence-electron chi connectivity index (χ3n) is 2.97. The van der Waals surface area contributed by atoms with E-state index in [-0.39, 0.29) is 6.04 Å². The lowest BCUT2D eigenvalue weighted by atomic mass is 10.1. The van der Waals surface area contributed by atoms with Crippen molar-refractivity contribution in [3.8, 4) is 0 Å². The molecule has 0 aliphatic rings. The van der Waals surface area contributed by atoms with Crippen molar-refractivity contribution in [1.82, 2.24) is 0 Å². The Balaban J connectivity index is 3.03. The summed E-state index contributed by atoms with van der Waals surface area (Å²) < 4.78 is 24.8. The number of hydrogen-bond donors (Lipinski definition) is 1. The quantitative estimate of drug-likeness (QED) is 0.849. The van der Waals surface area contributed by atoms with Crippen molar-refractivity contribution in [3.63, 3.8) is 0 Å². The summed E-state index contributed by atoms with van der Waals surface area (Å²) in [6.07, 6.45) is 2.20. The molecule has 0 heterocycles. The van der Waals surface area contributed by atoms with E-state index in [1.54, 1.807) is 24.3 Å². The summed E-state index contributed by atoms with van der Waals surface area (Å²) in [4.78, 5) is 0.374. The van der Waals surface area contributed by atoms with E-state index in [1.165, 1.54) is 0 Å². The van der Waals surface area contributed by atoms with Crippen LogP contribution in [0.5, 0.6) is 0 Å². The van der Waals surface area contributed by atoms with Gasteiger partial charge in [0.05, 0.1) is 10.1 Å². The molecular weight excluding hydrogens is 234 g/mol. The van der Waals surface area contributed by atoms with Gasteiger partial charge in [0.15, 0.2) is 9.84 Å². The molecule has 1 aromatic rings. The highest BCUT2D eigenvalue weighted by atomic mass is 32.2. The maximum absolute atomic E-state index is 12.4. The van der Waals surface area contributed by atoms with Gasteiger partial charge >= 0.3 is 0 Å². The first-order valence-corrected chi connectivity index (χ1v) is 7.63. The maximum atomic E-state index is 12.4. The van der Waals surface area contributed by atoms with Crippen LogP contribution in [0.2, 0.25) is 0 Å². The van der Waals surface area contributed by atoms with E-state index >= 15 is 0 Å². The number of nitrogens with two attached hydrogens (primary N) is 1.